The lowest BCUT2D eigenvalue weighted by Crippen LogP contribution is -2.44. The molecule has 0 bridgehead atoms. The quantitative estimate of drug-likeness (QED) is 0.718. The third-order valence-electron chi connectivity index (χ3n) is 4.06. The van der Waals surface area contributed by atoms with E-state index in [0.717, 1.165) is 41.4 Å². The van der Waals surface area contributed by atoms with Crippen LogP contribution in [0.2, 0.25) is 0 Å². The molecule has 0 saturated carbocycles. The molecule has 7 nitrogen and oxygen atoms in total. The van der Waals surface area contributed by atoms with E-state index in [1.54, 1.807) is 11.3 Å². The second kappa shape index (κ2) is 6.45. The molecule has 4 heterocycles. The molecule has 4 rings (SSSR count). The van der Waals surface area contributed by atoms with E-state index in [4.69, 9.17) is 9.26 Å². The van der Waals surface area contributed by atoms with Crippen molar-refractivity contribution in [1.82, 2.24) is 20.1 Å². The predicted molar refractivity (Wildman–Crippen MR) is 91.5 cm³/mol. The van der Waals surface area contributed by atoms with Gasteiger partial charge in [0.25, 0.3) is 0 Å². The Morgan fingerprint density at radius 1 is 1.33 bits per heavy atom. The number of rotatable bonds is 4. The zero-order valence-corrected chi connectivity index (χ0v) is 14.5. The SMILES string of the molecule is CCc1nc(C[C@H]2CN(c3nc(C)nc4ccsc34)CCO2)no1. The van der Waals surface area contributed by atoms with Crippen molar-refractivity contribution in [3.63, 3.8) is 0 Å². The summed E-state index contributed by atoms with van der Waals surface area (Å²) in [5.41, 5.74) is 1.01. The summed E-state index contributed by atoms with van der Waals surface area (Å²) in [5, 5.41) is 6.09. The van der Waals surface area contributed by atoms with Gasteiger partial charge >= 0.3 is 0 Å². The minimum Gasteiger partial charge on any atom is -0.374 e. The zero-order chi connectivity index (χ0) is 16.5. The average molecular weight is 345 g/mol. The second-order valence-electron chi connectivity index (χ2n) is 5.83. The Morgan fingerprint density at radius 2 is 2.25 bits per heavy atom. The van der Waals surface area contributed by atoms with Crippen LogP contribution in [0.1, 0.15) is 24.5 Å². The lowest BCUT2D eigenvalue weighted by molar-refractivity contribution is 0.0393. The fourth-order valence-electron chi connectivity index (χ4n) is 2.93. The summed E-state index contributed by atoms with van der Waals surface area (Å²) in [4.78, 5) is 15.8. The number of nitrogens with zero attached hydrogens (tertiary/aromatic N) is 5. The highest BCUT2D eigenvalue weighted by molar-refractivity contribution is 7.17. The maximum absolute atomic E-state index is 5.90. The Morgan fingerprint density at radius 3 is 3.08 bits per heavy atom. The van der Waals surface area contributed by atoms with Crippen molar-refractivity contribution in [3.05, 3.63) is 29.0 Å². The summed E-state index contributed by atoms with van der Waals surface area (Å²) in [5.74, 6) is 3.18. The van der Waals surface area contributed by atoms with Crippen LogP contribution >= 0.6 is 11.3 Å². The number of ether oxygens (including phenoxy) is 1. The molecule has 1 saturated heterocycles. The number of hydrogen-bond acceptors (Lipinski definition) is 8. The van der Waals surface area contributed by atoms with E-state index in [1.165, 1.54) is 0 Å². The molecule has 1 aliphatic rings. The monoisotopic (exact) mass is 345 g/mol. The highest BCUT2D eigenvalue weighted by Gasteiger charge is 2.25. The van der Waals surface area contributed by atoms with E-state index in [2.05, 4.69) is 30.4 Å². The number of hydrogen-bond donors (Lipinski definition) is 0. The molecule has 8 heteroatoms. The van der Waals surface area contributed by atoms with Gasteiger partial charge in [0.05, 0.1) is 22.9 Å². The van der Waals surface area contributed by atoms with Gasteiger partial charge in [-0.15, -0.1) is 11.3 Å². The summed E-state index contributed by atoms with van der Waals surface area (Å²) in [6, 6.07) is 2.04. The topological polar surface area (TPSA) is 77.2 Å². The van der Waals surface area contributed by atoms with Gasteiger partial charge in [-0.2, -0.15) is 4.98 Å². The van der Waals surface area contributed by atoms with Crippen molar-refractivity contribution >= 4 is 27.4 Å². The molecule has 24 heavy (non-hydrogen) atoms. The highest BCUT2D eigenvalue weighted by Crippen LogP contribution is 2.30. The van der Waals surface area contributed by atoms with E-state index >= 15 is 0 Å². The molecule has 3 aromatic rings. The molecular formula is C16H19N5O2S. The number of aryl methyl sites for hydroxylation is 2. The van der Waals surface area contributed by atoms with Crippen LogP contribution in [0.15, 0.2) is 16.0 Å². The molecule has 0 amide bonds. The molecule has 1 aliphatic heterocycles. The van der Waals surface area contributed by atoms with Gasteiger partial charge in [0.2, 0.25) is 5.89 Å². The van der Waals surface area contributed by atoms with Gasteiger partial charge in [0.15, 0.2) is 11.6 Å². The van der Waals surface area contributed by atoms with E-state index in [1.807, 2.05) is 19.9 Å². The molecule has 0 unspecified atom stereocenters. The van der Waals surface area contributed by atoms with Crippen molar-refractivity contribution in [3.8, 4) is 0 Å². The maximum atomic E-state index is 5.90. The molecule has 1 fully saturated rings. The van der Waals surface area contributed by atoms with Crippen molar-refractivity contribution in [2.24, 2.45) is 0 Å². The molecule has 1 atom stereocenters. The summed E-state index contributed by atoms with van der Waals surface area (Å²) in [6.07, 6.45) is 1.44. The predicted octanol–water partition coefficient (Wildman–Crippen LogP) is 2.39. The number of morpholine rings is 1. The molecule has 0 spiro atoms. The zero-order valence-electron chi connectivity index (χ0n) is 13.7. The van der Waals surface area contributed by atoms with E-state index < -0.39 is 0 Å². The first-order valence-electron chi connectivity index (χ1n) is 8.12. The summed E-state index contributed by atoms with van der Waals surface area (Å²) in [7, 11) is 0. The third-order valence-corrected chi connectivity index (χ3v) is 4.96. The van der Waals surface area contributed by atoms with Crippen LogP contribution in [-0.2, 0) is 17.6 Å². The van der Waals surface area contributed by atoms with E-state index in [0.29, 0.717) is 24.7 Å². The van der Waals surface area contributed by atoms with Gasteiger partial charge in [0.1, 0.15) is 5.82 Å². The van der Waals surface area contributed by atoms with Crippen molar-refractivity contribution in [2.45, 2.75) is 32.8 Å². The van der Waals surface area contributed by atoms with Gasteiger partial charge in [-0.05, 0) is 18.4 Å². The van der Waals surface area contributed by atoms with Crippen LogP contribution in [0.25, 0.3) is 10.2 Å². The van der Waals surface area contributed by atoms with Crippen LogP contribution in [0.5, 0.6) is 0 Å². The first-order chi connectivity index (χ1) is 11.7. The van der Waals surface area contributed by atoms with Crippen LogP contribution in [0.4, 0.5) is 5.82 Å². The third kappa shape index (κ3) is 2.99. The highest BCUT2D eigenvalue weighted by atomic mass is 32.1. The van der Waals surface area contributed by atoms with E-state index in [-0.39, 0.29) is 6.10 Å². The Kier molecular flexibility index (Phi) is 4.15. The van der Waals surface area contributed by atoms with Crippen LogP contribution < -0.4 is 4.90 Å². The minimum absolute atomic E-state index is 0.0336. The summed E-state index contributed by atoms with van der Waals surface area (Å²) >= 11 is 1.68. The molecule has 3 aromatic heterocycles. The van der Waals surface area contributed by atoms with Crippen molar-refractivity contribution in [2.75, 3.05) is 24.6 Å². The summed E-state index contributed by atoms with van der Waals surface area (Å²) < 4.78 is 12.2. The van der Waals surface area contributed by atoms with Crippen molar-refractivity contribution in [1.29, 1.82) is 0 Å². The Labute approximate surface area is 143 Å². The van der Waals surface area contributed by atoms with Crippen molar-refractivity contribution < 1.29 is 9.26 Å². The van der Waals surface area contributed by atoms with Gasteiger partial charge in [0, 0.05) is 25.9 Å². The molecule has 0 aromatic carbocycles. The number of anilines is 1. The van der Waals surface area contributed by atoms with E-state index in [9.17, 15) is 0 Å². The Balaban J connectivity index is 1.54. The smallest absolute Gasteiger partial charge is 0.226 e. The molecule has 126 valence electrons. The first-order valence-corrected chi connectivity index (χ1v) is 9.00. The molecular weight excluding hydrogens is 326 g/mol. The standard InChI is InChI=1S/C16H19N5O2S/c1-3-14-19-13(20-23-14)8-11-9-21(5-6-22-11)16-15-12(4-7-24-15)17-10(2)18-16/h4,7,11H,3,5-6,8-9H2,1-2H3/t11-/m0/s1. The molecule has 0 aliphatic carbocycles. The molecule has 0 radical (unpaired) electrons. The number of thiophene rings is 1. The van der Waals surface area contributed by atoms with Gasteiger partial charge in [-0.25, -0.2) is 9.97 Å². The Bertz CT molecular complexity index is 846. The van der Waals surface area contributed by atoms with Gasteiger partial charge < -0.3 is 14.2 Å². The van der Waals surface area contributed by atoms with Gasteiger partial charge in [-0.3, -0.25) is 0 Å². The Hall–Kier alpha value is -2.06. The minimum atomic E-state index is 0.0336. The average Bonchev–Trinajstić information content (AvgIpc) is 3.23. The normalized spacial score (nSPS) is 18.4. The van der Waals surface area contributed by atoms with Crippen LogP contribution in [0, 0.1) is 6.92 Å². The van der Waals surface area contributed by atoms with Gasteiger partial charge in [-0.1, -0.05) is 12.1 Å². The second-order valence-corrected chi connectivity index (χ2v) is 6.75. The fourth-order valence-corrected chi connectivity index (χ4v) is 3.78. The van der Waals surface area contributed by atoms with Crippen LogP contribution in [0.3, 0.4) is 0 Å². The largest absolute Gasteiger partial charge is 0.374 e. The fraction of sp³-hybridized carbons (Fsp3) is 0.500. The lowest BCUT2D eigenvalue weighted by atomic mass is 10.2. The lowest BCUT2D eigenvalue weighted by Gasteiger charge is -2.33. The first kappa shape index (κ1) is 15.5. The van der Waals surface area contributed by atoms with Crippen LogP contribution in [-0.4, -0.2) is 45.9 Å². The number of aromatic nitrogens is 4. The number of fused-ring (bicyclic) bond motifs is 1. The maximum Gasteiger partial charge on any atom is 0.226 e. The molecule has 0 N–H and O–H groups in total. The summed E-state index contributed by atoms with van der Waals surface area (Å²) in [6.45, 7) is 6.19.